The number of sulfonamides is 1. The van der Waals surface area contributed by atoms with Gasteiger partial charge in [-0.1, -0.05) is 61.7 Å². The van der Waals surface area contributed by atoms with Gasteiger partial charge in [0.15, 0.2) is 0 Å². The number of hydrogen-bond donors (Lipinski definition) is 4. The third kappa shape index (κ3) is 6.73. The van der Waals surface area contributed by atoms with Crippen LogP contribution in [0.25, 0.3) is 0 Å². The van der Waals surface area contributed by atoms with E-state index in [2.05, 4.69) is 20.7 Å². The van der Waals surface area contributed by atoms with Crippen LogP contribution in [0.3, 0.4) is 0 Å². The highest BCUT2D eigenvalue weighted by atomic mass is 35.5. The Morgan fingerprint density at radius 1 is 1.18 bits per heavy atom. The molecule has 1 spiro atoms. The van der Waals surface area contributed by atoms with Crippen LogP contribution >= 0.6 is 23.2 Å². The smallest absolute Gasteiger partial charge is 0.237 e. The SMILES string of the molecule is CC(C)(C)CC1NC(C(=O)NCCC2CC/C(=C/NS(C)(=O)=O)C2)C(c2cccc(Cl)c2F)C12C(=O)Nc1cc(Cl)c(F)cc12. The van der Waals surface area contributed by atoms with Crippen LogP contribution in [0.5, 0.6) is 0 Å². The van der Waals surface area contributed by atoms with Gasteiger partial charge in [-0.05, 0) is 72.8 Å². The molecule has 5 rings (SSSR count). The molecule has 1 saturated heterocycles. The van der Waals surface area contributed by atoms with E-state index in [4.69, 9.17) is 23.2 Å². The fraction of sp³-hybridized carbons (Fsp3) is 0.500. The van der Waals surface area contributed by atoms with Gasteiger partial charge in [0.1, 0.15) is 17.0 Å². The van der Waals surface area contributed by atoms with E-state index in [1.54, 1.807) is 6.07 Å². The monoisotopic (exact) mass is 682 g/mol. The van der Waals surface area contributed by atoms with Crippen LogP contribution in [0.1, 0.15) is 69.9 Å². The molecule has 5 unspecified atom stereocenters. The Hall–Kier alpha value is -2.73. The summed E-state index contributed by atoms with van der Waals surface area (Å²) < 4.78 is 56.3. The second-order valence-corrected chi connectivity index (χ2v) is 16.2. The fourth-order valence-electron chi connectivity index (χ4n) is 7.21. The van der Waals surface area contributed by atoms with Gasteiger partial charge in [-0.15, -0.1) is 0 Å². The summed E-state index contributed by atoms with van der Waals surface area (Å²) in [6.07, 6.45) is 6.01. The molecule has 2 amide bonds. The van der Waals surface area contributed by atoms with Gasteiger partial charge < -0.3 is 16.0 Å². The number of rotatable bonds is 8. The van der Waals surface area contributed by atoms with Crippen LogP contribution in [-0.2, 0) is 25.0 Å². The molecule has 1 aliphatic carbocycles. The highest BCUT2D eigenvalue weighted by Gasteiger charge is 2.66. The summed E-state index contributed by atoms with van der Waals surface area (Å²) in [5.74, 6) is -3.20. The molecule has 4 N–H and O–H groups in total. The van der Waals surface area contributed by atoms with Crippen molar-refractivity contribution in [3.8, 4) is 0 Å². The first kappa shape index (κ1) is 33.6. The predicted molar refractivity (Wildman–Crippen MR) is 172 cm³/mol. The van der Waals surface area contributed by atoms with Crippen molar-refractivity contribution in [3.05, 3.63) is 74.9 Å². The summed E-state index contributed by atoms with van der Waals surface area (Å²) >= 11 is 12.3. The third-order valence-electron chi connectivity index (χ3n) is 9.05. The summed E-state index contributed by atoms with van der Waals surface area (Å²) in [5.41, 5.74) is -0.190. The molecule has 13 heteroatoms. The zero-order valence-electron chi connectivity index (χ0n) is 25.6. The zero-order valence-corrected chi connectivity index (χ0v) is 27.9. The lowest BCUT2D eigenvalue weighted by molar-refractivity contribution is -0.123. The molecular weight excluding hydrogens is 645 g/mol. The Morgan fingerprint density at radius 2 is 1.91 bits per heavy atom. The van der Waals surface area contributed by atoms with Crippen LogP contribution in [0.15, 0.2) is 42.1 Å². The first-order valence-corrected chi connectivity index (χ1v) is 17.6. The van der Waals surface area contributed by atoms with Gasteiger partial charge in [0.25, 0.3) is 0 Å². The van der Waals surface area contributed by atoms with Gasteiger partial charge >= 0.3 is 0 Å². The molecule has 2 heterocycles. The number of halogens is 4. The van der Waals surface area contributed by atoms with Gasteiger partial charge in [-0.25, -0.2) is 17.2 Å². The molecule has 2 fully saturated rings. The van der Waals surface area contributed by atoms with Gasteiger partial charge in [-0.2, -0.15) is 0 Å². The Kier molecular flexibility index (Phi) is 9.32. The number of amides is 2. The van der Waals surface area contributed by atoms with E-state index in [0.29, 0.717) is 37.1 Å². The second-order valence-electron chi connectivity index (χ2n) is 13.6. The largest absolute Gasteiger partial charge is 0.355 e. The molecule has 45 heavy (non-hydrogen) atoms. The first-order valence-electron chi connectivity index (χ1n) is 14.9. The molecule has 1 saturated carbocycles. The summed E-state index contributed by atoms with van der Waals surface area (Å²) in [6.45, 7) is 6.31. The summed E-state index contributed by atoms with van der Waals surface area (Å²) in [7, 11) is -3.33. The van der Waals surface area contributed by atoms with E-state index < -0.39 is 56.9 Å². The highest BCUT2D eigenvalue weighted by Crippen LogP contribution is 2.57. The number of allylic oxidation sites excluding steroid dienone is 1. The second kappa shape index (κ2) is 12.5. The first-order chi connectivity index (χ1) is 21.0. The molecule has 2 aromatic carbocycles. The minimum absolute atomic E-state index is 0.0777. The molecule has 0 radical (unpaired) electrons. The average molecular weight is 684 g/mol. The molecule has 8 nitrogen and oxygen atoms in total. The Labute approximate surface area is 272 Å². The number of fused-ring (bicyclic) bond motifs is 2. The van der Waals surface area contributed by atoms with E-state index in [1.807, 2.05) is 20.8 Å². The molecule has 0 aromatic heterocycles. The number of anilines is 1. The van der Waals surface area contributed by atoms with E-state index in [-0.39, 0.29) is 26.9 Å². The van der Waals surface area contributed by atoms with Crippen molar-refractivity contribution in [3.63, 3.8) is 0 Å². The molecule has 2 aromatic rings. The number of carbonyl (C=O) groups is 2. The predicted octanol–water partition coefficient (Wildman–Crippen LogP) is 5.76. The minimum atomic E-state index is -3.33. The van der Waals surface area contributed by atoms with E-state index in [9.17, 15) is 18.0 Å². The lowest BCUT2D eigenvalue weighted by Crippen LogP contribution is -2.49. The van der Waals surface area contributed by atoms with Gasteiger partial charge in [0, 0.05) is 30.4 Å². The molecule has 244 valence electrons. The number of hydrogen-bond acceptors (Lipinski definition) is 5. The maximum Gasteiger partial charge on any atom is 0.237 e. The minimum Gasteiger partial charge on any atom is -0.355 e. The highest BCUT2D eigenvalue weighted by molar-refractivity contribution is 7.88. The van der Waals surface area contributed by atoms with Gasteiger partial charge in [-0.3, -0.25) is 14.3 Å². The van der Waals surface area contributed by atoms with Crippen molar-refractivity contribution >= 4 is 50.7 Å². The van der Waals surface area contributed by atoms with Crippen molar-refractivity contribution in [2.75, 3.05) is 18.1 Å². The van der Waals surface area contributed by atoms with Gasteiger partial charge in [0.05, 0.1) is 22.3 Å². The van der Waals surface area contributed by atoms with Crippen LogP contribution < -0.4 is 20.7 Å². The Bertz CT molecular complexity index is 1660. The van der Waals surface area contributed by atoms with Crippen LogP contribution in [-0.4, -0.2) is 45.1 Å². The molecule has 3 aliphatic rings. The third-order valence-corrected chi connectivity index (χ3v) is 10.2. The standard InChI is InChI=1S/C32H38Cl2F2N4O4S/c1-31(2,3)15-25-32(20-13-23(35)22(34)14-24(20)39-30(32)42)26(19-6-5-7-21(33)27(19)36)28(40-25)29(41)37-11-10-17-8-9-18(12-17)16-38-45(4,43)44/h5-7,13-14,16-17,25-26,28,38,40H,8-12,15H2,1-4H3,(H,37,41)(H,39,42)/b18-16-. The molecular formula is C32H38Cl2F2N4O4S. The number of carbonyl (C=O) groups excluding carboxylic acids is 2. The topological polar surface area (TPSA) is 116 Å². The van der Waals surface area contributed by atoms with Crippen LogP contribution in [0.4, 0.5) is 14.5 Å². The van der Waals surface area contributed by atoms with Gasteiger partial charge in [0.2, 0.25) is 21.8 Å². The van der Waals surface area contributed by atoms with Crippen molar-refractivity contribution in [1.82, 2.24) is 15.4 Å². The van der Waals surface area contributed by atoms with Crippen molar-refractivity contribution in [2.45, 2.75) is 76.3 Å². The Balaban J connectivity index is 1.49. The summed E-state index contributed by atoms with van der Waals surface area (Å²) in [4.78, 5) is 28.2. The van der Waals surface area contributed by atoms with E-state index in [1.165, 1.54) is 30.5 Å². The lowest BCUT2D eigenvalue weighted by atomic mass is 9.62. The molecule has 2 aliphatic heterocycles. The average Bonchev–Trinajstić information content (AvgIpc) is 3.60. The molecule has 0 bridgehead atoms. The Morgan fingerprint density at radius 3 is 2.60 bits per heavy atom. The maximum absolute atomic E-state index is 15.9. The van der Waals surface area contributed by atoms with Crippen LogP contribution in [0, 0.1) is 23.0 Å². The lowest BCUT2D eigenvalue weighted by Gasteiger charge is -2.37. The van der Waals surface area contributed by atoms with E-state index >= 15 is 8.78 Å². The number of benzene rings is 2. The quantitative estimate of drug-likeness (QED) is 0.283. The fourth-order valence-corrected chi connectivity index (χ4v) is 7.93. The normalized spacial score (nSPS) is 27.2. The summed E-state index contributed by atoms with van der Waals surface area (Å²) in [6, 6.07) is 5.31. The summed E-state index contributed by atoms with van der Waals surface area (Å²) in [5, 5.41) is 8.90. The van der Waals surface area contributed by atoms with Crippen molar-refractivity contribution < 1.29 is 26.8 Å². The van der Waals surface area contributed by atoms with Crippen LogP contribution in [0.2, 0.25) is 10.0 Å². The van der Waals surface area contributed by atoms with E-state index in [0.717, 1.165) is 24.7 Å². The number of nitrogens with one attached hydrogen (secondary N) is 4. The zero-order chi connectivity index (χ0) is 32.9. The van der Waals surface area contributed by atoms with Crippen molar-refractivity contribution in [1.29, 1.82) is 0 Å². The molecule has 5 atom stereocenters. The van der Waals surface area contributed by atoms with Crippen molar-refractivity contribution in [2.24, 2.45) is 11.3 Å². The maximum atomic E-state index is 15.9.